The summed E-state index contributed by atoms with van der Waals surface area (Å²) < 4.78 is 7.06. The van der Waals surface area contributed by atoms with Crippen LogP contribution in [0.1, 0.15) is 35.9 Å². The molecule has 0 saturated carbocycles. The average molecular weight is 346 g/mol. The second-order valence-corrected chi connectivity index (χ2v) is 6.27. The molecule has 8 heteroatoms. The number of benzene rings is 1. The first kappa shape index (κ1) is 16.2. The molecule has 2 aromatic heterocycles. The van der Waals surface area contributed by atoms with E-state index >= 15 is 0 Å². The van der Waals surface area contributed by atoms with Gasteiger partial charge in [0.05, 0.1) is 11.9 Å². The SMILES string of the molecule is CC(C)(NC(=O)c1cccc(Cl)c1)c1noc(Cn2ccnc2)n1. The van der Waals surface area contributed by atoms with Gasteiger partial charge in [0.1, 0.15) is 6.54 Å². The first-order valence-electron chi connectivity index (χ1n) is 7.31. The number of halogens is 1. The number of rotatable bonds is 5. The number of carbonyl (C=O) groups excluding carboxylic acids is 1. The highest BCUT2D eigenvalue weighted by atomic mass is 35.5. The largest absolute Gasteiger partial charge is 0.340 e. The first-order chi connectivity index (χ1) is 11.4. The van der Waals surface area contributed by atoms with Crippen LogP contribution in [-0.4, -0.2) is 25.6 Å². The van der Waals surface area contributed by atoms with E-state index in [1.807, 2.05) is 4.57 Å². The molecule has 0 fully saturated rings. The molecular weight excluding hydrogens is 330 g/mol. The van der Waals surface area contributed by atoms with Gasteiger partial charge in [-0.15, -0.1) is 0 Å². The highest BCUT2D eigenvalue weighted by molar-refractivity contribution is 6.30. The van der Waals surface area contributed by atoms with Gasteiger partial charge in [-0.25, -0.2) is 4.98 Å². The van der Waals surface area contributed by atoms with Gasteiger partial charge in [-0.05, 0) is 32.0 Å². The van der Waals surface area contributed by atoms with E-state index in [1.165, 1.54) is 0 Å². The van der Waals surface area contributed by atoms with Gasteiger partial charge in [-0.3, -0.25) is 4.79 Å². The summed E-state index contributed by atoms with van der Waals surface area (Å²) in [4.78, 5) is 20.7. The van der Waals surface area contributed by atoms with Crippen molar-refractivity contribution in [2.45, 2.75) is 25.9 Å². The molecule has 0 unspecified atom stereocenters. The van der Waals surface area contributed by atoms with E-state index in [0.717, 1.165) is 0 Å². The second kappa shape index (κ2) is 6.45. The molecule has 0 spiro atoms. The highest BCUT2D eigenvalue weighted by Crippen LogP contribution is 2.19. The van der Waals surface area contributed by atoms with E-state index in [2.05, 4.69) is 20.4 Å². The maximum Gasteiger partial charge on any atom is 0.252 e. The van der Waals surface area contributed by atoms with Crippen LogP contribution in [0.5, 0.6) is 0 Å². The summed E-state index contributed by atoms with van der Waals surface area (Å²) in [6.45, 7) is 4.04. The van der Waals surface area contributed by atoms with E-state index in [1.54, 1.807) is 56.8 Å². The molecule has 0 atom stereocenters. The fourth-order valence-corrected chi connectivity index (χ4v) is 2.34. The van der Waals surface area contributed by atoms with Crippen LogP contribution in [0.4, 0.5) is 0 Å². The lowest BCUT2D eigenvalue weighted by molar-refractivity contribution is 0.0907. The van der Waals surface area contributed by atoms with Crippen molar-refractivity contribution in [2.75, 3.05) is 0 Å². The summed E-state index contributed by atoms with van der Waals surface area (Å²) in [6.07, 6.45) is 5.14. The number of imidazole rings is 1. The number of nitrogens with zero attached hydrogens (tertiary/aromatic N) is 4. The first-order valence-corrected chi connectivity index (χ1v) is 7.69. The molecule has 0 aliphatic heterocycles. The van der Waals surface area contributed by atoms with E-state index in [0.29, 0.717) is 28.8 Å². The van der Waals surface area contributed by atoms with Crippen molar-refractivity contribution in [2.24, 2.45) is 0 Å². The molecule has 0 saturated heterocycles. The van der Waals surface area contributed by atoms with Crippen LogP contribution < -0.4 is 5.32 Å². The Balaban J connectivity index is 1.73. The third-order valence-corrected chi connectivity index (χ3v) is 3.65. The van der Waals surface area contributed by atoms with Crippen LogP contribution in [-0.2, 0) is 12.1 Å². The number of hydrogen-bond acceptors (Lipinski definition) is 5. The second-order valence-electron chi connectivity index (χ2n) is 5.84. The van der Waals surface area contributed by atoms with Crippen molar-refractivity contribution in [3.63, 3.8) is 0 Å². The summed E-state index contributed by atoms with van der Waals surface area (Å²) in [5, 5.41) is 7.36. The Kier molecular flexibility index (Phi) is 4.35. The standard InChI is InChI=1S/C16H16ClN5O2/c1-16(2,20-14(23)11-4-3-5-12(17)8-11)15-19-13(24-21-15)9-22-7-6-18-10-22/h3-8,10H,9H2,1-2H3,(H,20,23). The molecule has 3 rings (SSSR count). The fourth-order valence-electron chi connectivity index (χ4n) is 2.15. The Morgan fingerprint density at radius 1 is 1.42 bits per heavy atom. The van der Waals surface area contributed by atoms with Gasteiger partial charge >= 0.3 is 0 Å². The molecule has 1 amide bonds. The predicted octanol–water partition coefficient (Wildman–Crippen LogP) is 2.63. The molecule has 0 aliphatic carbocycles. The van der Waals surface area contributed by atoms with Crippen molar-refractivity contribution < 1.29 is 9.32 Å². The van der Waals surface area contributed by atoms with Crippen molar-refractivity contribution in [1.29, 1.82) is 0 Å². The Morgan fingerprint density at radius 3 is 2.96 bits per heavy atom. The van der Waals surface area contributed by atoms with Gasteiger partial charge in [-0.2, -0.15) is 4.98 Å². The molecule has 1 aromatic carbocycles. The van der Waals surface area contributed by atoms with Crippen LogP contribution in [0.2, 0.25) is 5.02 Å². The number of aromatic nitrogens is 4. The van der Waals surface area contributed by atoms with Gasteiger partial charge in [0.2, 0.25) is 5.89 Å². The van der Waals surface area contributed by atoms with E-state index in [-0.39, 0.29) is 5.91 Å². The zero-order valence-electron chi connectivity index (χ0n) is 13.2. The molecule has 0 aliphatic rings. The fraction of sp³-hybridized carbons (Fsp3) is 0.250. The van der Waals surface area contributed by atoms with Crippen LogP contribution in [0.15, 0.2) is 47.5 Å². The molecular formula is C16H16ClN5O2. The van der Waals surface area contributed by atoms with Crippen molar-refractivity contribution >= 4 is 17.5 Å². The molecule has 124 valence electrons. The van der Waals surface area contributed by atoms with E-state index in [4.69, 9.17) is 16.1 Å². The normalized spacial score (nSPS) is 11.5. The van der Waals surface area contributed by atoms with Crippen LogP contribution >= 0.6 is 11.6 Å². The number of hydrogen-bond donors (Lipinski definition) is 1. The third kappa shape index (κ3) is 3.62. The van der Waals surface area contributed by atoms with Crippen LogP contribution in [0, 0.1) is 0 Å². The zero-order valence-corrected chi connectivity index (χ0v) is 14.0. The summed E-state index contributed by atoms with van der Waals surface area (Å²) in [7, 11) is 0. The lowest BCUT2D eigenvalue weighted by Gasteiger charge is -2.22. The lowest BCUT2D eigenvalue weighted by Crippen LogP contribution is -2.41. The van der Waals surface area contributed by atoms with E-state index in [9.17, 15) is 4.79 Å². The Labute approximate surface area is 143 Å². The van der Waals surface area contributed by atoms with Crippen LogP contribution in [0.3, 0.4) is 0 Å². The van der Waals surface area contributed by atoms with Gasteiger partial charge in [-0.1, -0.05) is 22.8 Å². The van der Waals surface area contributed by atoms with Crippen molar-refractivity contribution in [1.82, 2.24) is 25.0 Å². The molecule has 3 aromatic rings. The minimum Gasteiger partial charge on any atom is -0.340 e. The number of nitrogens with one attached hydrogen (secondary N) is 1. The molecule has 0 radical (unpaired) electrons. The minimum atomic E-state index is -0.796. The summed E-state index contributed by atoms with van der Waals surface area (Å²) in [6, 6.07) is 6.73. The molecule has 7 nitrogen and oxygen atoms in total. The van der Waals surface area contributed by atoms with Gasteiger partial charge in [0.15, 0.2) is 5.82 Å². The van der Waals surface area contributed by atoms with Crippen molar-refractivity contribution in [3.05, 3.63) is 65.3 Å². The molecule has 0 bridgehead atoms. The molecule has 24 heavy (non-hydrogen) atoms. The molecule has 1 N–H and O–H groups in total. The highest BCUT2D eigenvalue weighted by Gasteiger charge is 2.29. The number of amides is 1. The average Bonchev–Trinajstić information content (AvgIpc) is 3.19. The van der Waals surface area contributed by atoms with Gasteiger partial charge in [0.25, 0.3) is 5.91 Å². The maximum atomic E-state index is 12.4. The van der Waals surface area contributed by atoms with Gasteiger partial charge in [0, 0.05) is 23.0 Å². The summed E-state index contributed by atoms with van der Waals surface area (Å²) >= 11 is 5.92. The Bertz CT molecular complexity index is 842. The zero-order chi connectivity index (χ0) is 17.2. The molecule has 2 heterocycles. The van der Waals surface area contributed by atoms with Crippen molar-refractivity contribution in [3.8, 4) is 0 Å². The van der Waals surface area contributed by atoms with Gasteiger partial charge < -0.3 is 14.4 Å². The quantitative estimate of drug-likeness (QED) is 0.768. The minimum absolute atomic E-state index is 0.261. The number of carbonyl (C=O) groups is 1. The topological polar surface area (TPSA) is 85.8 Å². The lowest BCUT2D eigenvalue weighted by atomic mass is 10.0. The third-order valence-electron chi connectivity index (χ3n) is 3.42. The summed E-state index contributed by atoms with van der Waals surface area (Å²) in [5.74, 6) is 0.574. The Morgan fingerprint density at radius 2 is 2.25 bits per heavy atom. The predicted molar refractivity (Wildman–Crippen MR) is 87.6 cm³/mol. The monoisotopic (exact) mass is 345 g/mol. The Hall–Kier alpha value is -2.67. The smallest absolute Gasteiger partial charge is 0.252 e. The van der Waals surface area contributed by atoms with E-state index < -0.39 is 5.54 Å². The summed E-state index contributed by atoms with van der Waals surface area (Å²) in [5.41, 5.74) is -0.325. The maximum absolute atomic E-state index is 12.4. The van der Waals surface area contributed by atoms with Crippen LogP contribution in [0.25, 0.3) is 0 Å².